The van der Waals surface area contributed by atoms with Crippen LogP contribution in [0.2, 0.25) is 0 Å². The van der Waals surface area contributed by atoms with E-state index >= 15 is 0 Å². The number of amides is 1. The molecule has 130 valence electrons. The molecule has 0 atom stereocenters. The highest BCUT2D eigenvalue weighted by Gasteiger charge is 2.25. The Morgan fingerprint density at radius 3 is 2.72 bits per heavy atom. The Morgan fingerprint density at radius 2 is 2.00 bits per heavy atom. The van der Waals surface area contributed by atoms with Crippen molar-refractivity contribution in [1.82, 2.24) is 24.6 Å². The average Bonchev–Trinajstić information content (AvgIpc) is 3.27. The maximum absolute atomic E-state index is 12.6. The van der Waals surface area contributed by atoms with Gasteiger partial charge in [-0.1, -0.05) is 0 Å². The van der Waals surface area contributed by atoms with E-state index in [9.17, 15) is 4.79 Å². The first kappa shape index (κ1) is 15.6. The lowest BCUT2D eigenvalue weighted by Crippen LogP contribution is -2.48. The summed E-state index contributed by atoms with van der Waals surface area (Å²) in [5.41, 5.74) is 2.86. The minimum absolute atomic E-state index is 0.0224. The lowest BCUT2D eigenvalue weighted by molar-refractivity contribution is 0.0745. The van der Waals surface area contributed by atoms with Gasteiger partial charge in [0.1, 0.15) is 0 Å². The zero-order chi connectivity index (χ0) is 17.4. The standard InChI is InChI=1S/C17H20N6O2/c1-3-23-11-13(10-18-23)16(24)21-6-8-22(9-7-21)17-20-15-14(25-17)5-4-12(2)19-15/h4-5,10-11H,3,6-9H2,1-2H3. The van der Waals surface area contributed by atoms with Crippen molar-refractivity contribution in [2.24, 2.45) is 0 Å². The van der Waals surface area contributed by atoms with Crippen LogP contribution >= 0.6 is 0 Å². The second kappa shape index (κ2) is 6.19. The Bertz CT molecular complexity index is 907. The van der Waals surface area contributed by atoms with Crippen LogP contribution in [0.5, 0.6) is 0 Å². The zero-order valence-electron chi connectivity index (χ0n) is 14.3. The van der Waals surface area contributed by atoms with Crippen LogP contribution in [0.1, 0.15) is 23.0 Å². The predicted molar refractivity (Wildman–Crippen MR) is 92.6 cm³/mol. The number of anilines is 1. The number of aromatic nitrogens is 4. The molecule has 1 amide bonds. The molecule has 1 aliphatic heterocycles. The molecule has 1 saturated heterocycles. The molecule has 1 fully saturated rings. The third-order valence-corrected chi connectivity index (χ3v) is 4.42. The molecule has 8 nitrogen and oxygen atoms in total. The maximum atomic E-state index is 12.6. The molecule has 4 rings (SSSR count). The van der Waals surface area contributed by atoms with E-state index in [1.807, 2.05) is 30.9 Å². The predicted octanol–water partition coefficient (Wildman–Crippen LogP) is 1.71. The minimum atomic E-state index is 0.0224. The number of fused-ring (bicyclic) bond motifs is 1. The molecule has 4 heterocycles. The van der Waals surface area contributed by atoms with Crippen molar-refractivity contribution in [3.8, 4) is 0 Å². The number of oxazole rings is 1. The molecule has 1 aliphatic rings. The van der Waals surface area contributed by atoms with Crippen molar-refractivity contribution in [3.05, 3.63) is 35.8 Å². The van der Waals surface area contributed by atoms with Crippen LogP contribution < -0.4 is 4.90 Å². The fourth-order valence-corrected chi connectivity index (χ4v) is 2.97. The van der Waals surface area contributed by atoms with Crippen molar-refractivity contribution >= 4 is 23.2 Å². The van der Waals surface area contributed by atoms with E-state index in [4.69, 9.17) is 4.42 Å². The monoisotopic (exact) mass is 340 g/mol. The lowest BCUT2D eigenvalue weighted by Gasteiger charge is -2.33. The summed E-state index contributed by atoms with van der Waals surface area (Å²) >= 11 is 0. The van der Waals surface area contributed by atoms with Crippen LogP contribution in [0.3, 0.4) is 0 Å². The molecule has 0 aliphatic carbocycles. The van der Waals surface area contributed by atoms with Crippen molar-refractivity contribution < 1.29 is 9.21 Å². The van der Waals surface area contributed by atoms with Gasteiger partial charge in [-0.2, -0.15) is 10.1 Å². The SMILES string of the molecule is CCn1cc(C(=O)N2CCN(c3nc4nc(C)ccc4o3)CC2)cn1. The van der Waals surface area contributed by atoms with Gasteiger partial charge in [0.25, 0.3) is 11.9 Å². The third-order valence-electron chi connectivity index (χ3n) is 4.42. The summed E-state index contributed by atoms with van der Waals surface area (Å²) in [6.45, 7) is 7.30. The molecule has 0 saturated carbocycles. The van der Waals surface area contributed by atoms with Crippen LogP contribution in [0, 0.1) is 6.92 Å². The fraction of sp³-hybridized carbons (Fsp3) is 0.412. The number of aryl methyl sites for hydroxylation is 2. The molecule has 0 bridgehead atoms. The van der Waals surface area contributed by atoms with E-state index < -0.39 is 0 Å². The number of carbonyl (C=O) groups is 1. The molecular formula is C17H20N6O2. The van der Waals surface area contributed by atoms with Crippen LogP contribution in [-0.4, -0.2) is 56.7 Å². The average molecular weight is 340 g/mol. The molecule has 3 aromatic rings. The molecular weight excluding hydrogens is 320 g/mol. The van der Waals surface area contributed by atoms with Crippen LogP contribution in [0.15, 0.2) is 28.9 Å². The van der Waals surface area contributed by atoms with Gasteiger partial charge in [-0.25, -0.2) is 4.98 Å². The second-order valence-electron chi connectivity index (χ2n) is 6.13. The van der Waals surface area contributed by atoms with Gasteiger partial charge in [0, 0.05) is 44.6 Å². The number of hydrogen-bond acceptors (Lipinski definition) is 6. The number of piperazine rings is 1. The second-order valence-corrected chi connectivity index (χ2v) is 6.13. The molecule has 8 heteroatoms. The molecule has 25 heavy (non-hydrogen) atoms. The number of hydrogen-bond donors (Lipinski definition) is 0. The highest BCUT2D eigenvalue weighted by molar-refractivity contribution is 5.93. The van der Waals surface area contributed by atoms with Gasteiger partial charge in [-0.05, 0) is 26.0 Å². The van der Waals surface area contributed by atoms with E-state index in [0.717, 1.165) is 12.2 Å². The quantitative estimate of drug-likeness (QED) is 0.722. The van der Waals surface area contributed by atoms with Crippen molar-refractivity contribution in [2.75, 3.05) is 31.1 Å². The van der Waals surface area contributed by atoms with E-state index in [-0.39, 0.29) is 5.91 Å². The van der Waals surface area contributed by atoms with Crippen LogP contribution in [0.4, 0.5) is 6.01 Å². The lowest BCUT2D eigenvalue weighted by atomic mass is 10.2. The van der Waals surface area contributed by atoms with E-state index in [1.165, 1.54) is 0 Å². The zero-order valence-corrected chi connectivity index (χ0v) is 14.3. The molecule has 0 spiro atoms. The largest absolute Gasteiger partial charge is 0.422 e. The summed E-state index contributed by atoms with van der Waals surface area (Å²) in [5, 5.41) is 4.17. The van der Waals surface area contributed by atoms with Crippen molar-refractivity contribution in [3.63, 3.8) is 0 Å². The van der Waals surface area contributed by atoms with E-state index in [2.05, 4.69) is 20.0 Å². The van der Waals surface area contributed by atoms with Gasteiger partial charge in [0.2, 0.25) is 5.65 Å². The Labute approximate surface area is 145 Å². The summed E-state index contributed by atoms with van der Waals surface area (Å²) in [7, 11) is 0. The first-order chi connectivity index (χ1) is 12.1. The molecule has 0 N–H and O–H groups in total. The summed E-state index contributed by atoms with van der Waals surface area (Å²) in [5.74, 6) is 0.0224. The smallest absolute Gasteiger partial charge is 0.300 e. The Balaban J connectivity index is 1.44. The Kier molecular flexibility index (Phi) is 3.87. The molecule has 0 radical (unpaired) electrons. The molecule has 0 aromatic carbocycles. The van der Waals surface area contributed by atoms with E-state index in [1.54, 1.807) is 17.1 Å². The Hall–Kier alpha value is -2.90. The van der Waals surface area contributed by atoms with Gasteiger partial charge in [-0.15, -0.1) is 0 Å². The van der Waals surface area contributed by atoms with Gasteiger partial charge in [0.15, 0.2) is 5.58 Å². The number of pyridine rings is 1. The fourth-order valence-electron chi connectivity index (χ4n) is 2.97. The first-order valence-corrected chi connectivity index (χ1v) is 8.45. The van der Waals surface area contributed by atoms with Crippen molar-refractivity contribution in [1.29, 1.82) is 0 Å². The summed E-state index contributed by atoms with van der Waals surface area (Å²) < 4.78 is 7.56. The van der Waals surface area contributed by atoms with E-state index in [0.29, 0.717) is 49.0 Å². The maximum Gasteiger partial charge on any atom is 0.300 e. The number of rotatable bonds is 3. The Morgan fingerprint density at radius 1 is 1.20 bits per heavy atom. The molecule has 3 aromatic heterocycles. The summed E-state index contributed by atoms with van der Waals surface area (Å²) in [6, 6.07) is 4.36. The minimum Gasteiger partial charge on any atom is -0.422 e. The van der Waals surface area contributed by atoms with Gasteiger partial charge >= 0.3 is 0 Å². The summed E-state index contributed by atoms with van der Waals surface area (Å²) in [4.78, 5) is 25.3. The van der Waals surface area contributed by atoms with Gasteiger partial charge < -0.3 is 14.2 Å². The first-order valence-electron chi connectivity index (χ1n) is 8.45. The topological polar surface area (TPSA) is 80.3 Å². The number of nitrogens with zero attached hydrogens (tertiary/aromatic N) is 6. The highest BCUT2D eigenvalue weighted by Crippen LogP contribution is 2.22. The normalized spacial score (nSPS) is 15.1. The molecule has 0 unspecified atom stereocenters. The summed E-state index contributed by atoms with van der Waals surface area (Å²) in [6.07, 6.45) is 3.43. The van der Waals surface area contributed by atoms with Gasteiger partial charge in [-0.3, -0.25) is 9.48 Å². The number of carbonyl (C=O) groups excluding carboxylic acids is 1. The van der Waals surface area contributed by atoms with Crippen LogP contribution in [-0.2, 0) is 6.54 Å². The van der Waals surface area contributed by atoms with Crippen LogP contribution in [0.25, 0.3) is 11.2 Å². The highest BCUT2D eigenvalue weighted by atomic mass is 16.4. The van der Waals surface area contributed by atoms with Crippen molar-refractivity contribution in [2.45, 2.75) is 20.4 Å². The van der Waals surface area contributed by atoms with Gasteiger partial charge in [0.05, 0.1) is 11.8 Å². The third kappa shape index (κ3) is 2.95.